The summed E-state index contributed by atoms with van der Waals surface area (Å²) in [5, 5.41) is 1.83. The van der Waals surface area contributed by atoms with E-state index >= 15 is 13.7 Å². The van der Waals surface area contributed by atoms with Crippen LogP contribution in [0.2, 0.25) is 0 Å². The van der Waals surface area contributed by atoms with Gasteiger partial charge in [-0.05, 0) is 184 Å². The van der Waals surface area contributed by atoms with Crippen molar-refractivity contribution in [1.82, 2.24) is 0 Å². The average Bonchev–Trinajstić information content (AvgIpc) is 0.755. The summed E-state index contributed by atoms with van der Waals surface area (Å²) in [4.78, 5) is 130. The first-order chi connectivity index (χ1) is 57.6. The summed E-state index contributed by atoms with van der Waals surface area (Å²) in [5.74, 6) is -5.67. The summed E-state index contributed by atoms with van der Waals surface area (Å²) in [7, 11) is -12.2. The van der Waals surface area contributed by atoms with Gasteiger partial charge in [-0.2, -0.15) is 0 Å². The molecule has 13 rings (SSSR count). The maximum Gasteiger partial charge on any atom is 0.343 e. The van der Waals surface area contributed by atoms with Crippen LogP contribution in [-0.2, 0) is 47.7 Å². The first-order valence-electron chi connectivity index (χ1n) is 38.3. The molecular formula is C99H81O18P3. The first-order valence-corrected chi connectivity index (χ1v) is 43.4. The highest BCUT2D eigenvalue weighted by atomic mass is 31.2. The predicted molar refractivity (Wildman–Crippen MR) is 462 cm³/mol. The van der Waals surface area contributed by atoms with Crippen molar-refractivity contribution in [1.29, 1.82) is 0 Å². The predicted octanol–water partition coefficient (Wildman–Crippen LogP) is 18.7. The van der Waals surface area contributed by atoms with Crippen LogP contribution in [0.4, 0.5) is 0 Å². The molecule has 0 unspecified atom stereocenters. The van der Waals surface area contributed by atoms with Gasteiger partial charge in [0.1, 0.15) is 37.1 Å². The minimum Gasteiger partial charge on any atom is -0.457 e. The number of carbonyl (C=O) groups is 9. The Hall–Kier alpha value is -13.6. The number of aryl methyl sites for hydroxylation is 6. The number of hydrogen-bond acceptors (Lipinski definition) is 18. The van der Waals surface area contributed by atoms with Gasteiger partial charge in [0.05, 0.1) is 50.1 Å². The normalized spacial score (nSPS) is 11.4. The Kier molecular flexibility index (Phi) is 25.3. The molecule has 0 spiro atoms. The first kappa shape index (κ1) is 84.3. The van der Waals surface area contributed by atoms with Gasteiger partial charge in [-0.1, -0.05) is 237 Å². The molecule has 0 aliphatic heterocycles. The molecule has 0 saturated heterocycles. The van der Waals surface area contributed by atoms with Crippen LogP contribution in [0.25, 0.3) is 0 Å². The summed E-state index contributed by atoms with van der Waals surface area (Å²) < 4.78 is 81.8. The van der Waals surface area contributed by atoms with Gasteiger partial charge in [-0.15, -0.1) is 0 Å². The molecule has 0 radical (unpaired) electrons. The second-order valence-corrected chi connectivity index (χ2v) is 37.0. The average molecular weight is 1650 g/mol. The fraction of sp³-hybridized carbons (Fsp3) is 0.121. The maximum atomic E-state index is 15.4. The van der Waals surface area contributed by atoms with Gasteiger partial charge in [0.15, 0.2) is 0 Å². The summed E-state index contributed by atoms with van der Waals surface area (Å²) in [5.41, 5.74) is 3.24. The molecule has 13 aromatic carbocycles. The lowest BCUT2D eigenvalue weighted by molar-refractivity contribution is 0.0463. The highest BCUT2D eigenvalue weighted by Crippen LogP contribution is 2.53. The highest BCUT2D eigenvalue weighted by molar-refractivity contribution is 7.94. The van der Waals surface area contributed by atoms with Gasteiger partial charge in [-0.3, -0.25) is 14.4 Å². The lowest BCUT2D eigenvalue weighted by Crippen LogP contribution is -2.24. The smallest absolute Gasteiger partial charge is 0.343 e. The Labute approximate surface area is 694 Å². The topological polar surface area (TPSA) is 260 Å². The lowest BCUT2D eigenvalue weighted by Gasteiger charge is -2.22. The van der Waals surface area contributed by atoms with Crippen LogP contribution in [-0.4, -0.2) is 52.4 Å². The minimum absolute atomic E-state index is 0.00978. The van der Waals surface area contributed by atoms with Crippen LogP contribution in [0.3, 0.4) is 0 Å². The Balaban J connectivity index is 0.729. The van der Waals surface area contributed by atoms with E-state index in [1.165, 1.54) is 91.0 Å². The van der Waals surface area contributed by atoms with Crippen molar-refractivity contribution < 1.29 is 85.3 Å². The van der Waals surface area contributed by atoms with Crippen molar-refractivity contribution in [3.8, 4) is 17.2 Å². The van der Waals surface area contributed by atoms with Crippen molar-refractivity contribution in [2.24, 2.45) is 0 Å². The molecule has 0 fully saturated rings. The van der Waals surface area contributed by atoms with Gasteiger partial charge in [0.2, 0.25) is 38.0 Å². The Morgan fingerprint density at radius 1 is 0.225 bits per heavy atom. The van der Waals surface area contributed by atoms with Crippen molar-refractivity contribution >= 4 is 106 Å². The van der Waals surface area contributed by atoms with E-state index in [1.54, 1.807) is 263 Å². The zero-order chi connectivity index (χ0) is 85.3. The van der Waals surface area contributed by atoms with Crippen molar-refractivity contribution in [3.05, 3.63) is 408 Å². The van der Waals surface area contributed by atoms with Crippen LogP contribution >= 0.6 is 21.4 Å². The zero-order valence-electron chi connectivity index (χ0n) is 67.0. The van der Waals surface area contributed by atoms with Crippen molar-refractivity contribution in [2.75, 3.05) is 0 Å². The van der Waals surface area contributed by atoms with E-state index in [4.69, 9.17) is 28.4 Å². The SMILES string of the molecule is Cc1cc(C)c(C(=O)P(=O)(c2ccccc2)c2ccccc2)c(OC(=O)c2ccc(COC(=O)c3cc(C(=O)OCc4ccc(C(=O)Oc5c(C)c(C)cc(C)c5C(=O)P(=O)(c5ccccc5)c5ccccc5)cc4)cc(C(=O)OCc4ccc(C(=O)Oc5c(C)c(C)cc(C)c5C(=O)P(=O)(c5ccccc5)c5ccccc5)cc4)c3)cc2)c1C. The summed E-state index contributed by atoms with van der Waals surface area (Å²) in [6, 6.07) is 77.1. The van der Waals surface area contributed by atoms with Crippen molar-refractivity contribution in [3.63, 3.8) is 0 Å². The largest absolute Gasteiger partial charge is 0.457 e. The van der Waals surface area contributed by atoms with E-state index in [9.17, 15) is 43.2 Å². The molecule has 21 heteroatoms. The molecule has 18 nitrogen and oxygen atoms in total. The molecule has 0 saturated carbocycles. The van der Waals surface area contributed by atoms with E-state index in [1.807, 2.05) is 0 Å². The standard InChI is InChI=1S/C99H81O18P3/c1-61-52-64(4)85(97(106)118(109,79-28-16-10-17-29-79)80-30-18-11-19-31-80)88(67(61)7)115-94(103)73-46-40-70(41-47-73)58-112-91(100)76-55-77(92(101)113-59-71-42-48-74(49-43-71)95(104)116-89-68(8)62(2)53-65(5)86(89)98(107)119(110,81-32-20-12-21-33-81)82-34-22-13-23-35-82)57-78(56-76)93(102)114-60-72-44-50-75(51-45-72)96(105)117-90-69(9)63(3)54-66(6)87(90)99(108)120(111,83-36-24-14-25-37-83)84-38-26-15-27-39-84/h10-57H,58-60H2,1-9H3. The van der Waals surface area contributed by atoms with E-state index in [2.05, 4.69) is 0 Å². The number of hydrogen-bond donors (Lipinski definition) is 0. The Morgan fingerprint density at radius 2 is 0.417 bits per heavy atom. The zero-order valence-corrected chi connectivity index (χ0v) is 69.7. The second kappa shape index (κ2) is 36.1. The van der Waals surface area contributed by atoms with Crippen LogP contribution < -0.4 is 46.0 Å². The summed E-state index contributed by atoms with van der Waals surface area (Å²) in [6.07, 6.45) is 0. The van der Waals surface area contributed by atoms with Gasteiger partial charge in [0.25, 0.3) is 0 Å². The highest BCUT2D eigenvalue weighted by Gasteiger charge is 2.43. The molecule has 600 valence electrons. The summed E-state index contributed by atoms with van der Waals surface area (Å²) in [6.45, 7) is 14.4. The number of carbonyl (C=O) groups excluding carboxylic acids is 9. The molecule has 13 aromatic rings. The van der Waals surface area contributed by atoms with E-state index in [-0.39, 0.29) is 87.1 Å². The van der Waals surface area contributed by atoms with E-state index in [0.29, 0.717) is 98.6 Å². The Bertz CT molecular complexity index is 5600. The van der Waals surface area contributed by atoms with Crippen LogP contribution in [0.5, 0.6) is 17.2 Å². The molecule has 0 aromatic heterocycles. The van der Waals surface area contributed by atoms with Gasteiger partial charge in [0, 0.05) is 31.8 Å². The third-order valence-electron chi connectivity index (χ3n) is 21.1. The molecule has 120 heavy (non-hydrogen) atoms. The molecular weight excluding hydrogens is 1570 g/mol. The molecule has 0 heterocycles. The molecule has 0 aliphatic carbocycles. The molecule has 0 aliphatic rings. The van der Waals surface area contributed by atoms with E-state index in [0.717, 1.165) is 0 Å². The summed E-state index contributed by atoms with van der Waals surface area (Å²) >= 11 is 0. The van der Waals surface area contributed by atoms with Crippen molar-refractivity contribution in [2.45, 2.75) is 82.1 Å². The second-order valence-electron chi connectivity index (χ2n) is 29.1. The molecule has 0 atom stereocenters. The molecule has 0 N–H and O–H groups in total. The van der Waals surface area contributed by atoms with Gasteiger partial charge >= 0.3 is 35.8 Å². The monoisotopic (exact) mass is 1650 g/mol. The number of rotatable bonds is 27. The van der Waals surface area contributed by atoms with Gasteiger partial charge in [-0.25, -0.2) is 28.8 Å². The quantitative estimate of drug-likeness (QED) is 0.0200. The number of esters is 6. The third kappa shape index (κ3) is 17.4. The fourth-order valence-electron chi connectivity index (χ4n) is 14.1. The molecule has 0 bridgehead atoms. The van der Waals surface area contributed by atoms with Crippen LogP contribution in [0.1, 0.15) is 160 Å². The molecule has 0 amide bonds. The number of benzene rings is 13. The Morgan fingerprint density at radius 3 is 0.608 bits per heavy atom. The minimum atomic E-state index is -4.06. The van der Waals surface area contributed by atoms with Crippen LogP contribution in [0.15, 0.2) is 291 Å². The lowest BCUT2D eigenvalue weighted by atomic mass is 9.99. The van der Waals surface area contributed by atoms with E-state index < -0.39 is 73.8 Å². The third-order valence-corrected chi connectivity index (χ3v) is 29.6. The maximum absolute atomic E-state index is 15.4. The van der Waals surface area contributed by atoms with Crippen LogP contribution in [0, 0.1) is 62.3 Å². The fourth-order valence-corrected chi connectivity index (χ4v) is 21.8. The van der Waals surface area contributed by atoms with Gasteiger partial charge < -0.3 is 42.1 Å². The number of ether oxygens (including phenoxy) is 6.